The fourth-order valence-corrected chi connectivity index (χ4v) is 5.25. The Morgan fingerprint density at radius 2 is 1.85 bits per heavy atom. The van der Waals surface area contributed by atoms with Crippen molar-refractivity contribution < 1.29 is 13.3 Å². The van der Waals surface area contributed by atoms with E-state index in [1.165, 1.54) is 16.4 Å². The van der Waals surface area contributed by atoms with E-state index in [-0.39, 0.29) is 28.6 Å². The van der Waals surface area contributed by atoms with Crippen LogP contribution in [0.3, 0.4) is 0 Å². The third kappa shape index (κ3) is 3.68. The Labute approximate surface area is 153 Å². The minimum absolute atomic E-state index is 0.0205. The van der Waals surface area contributed by atoms with Crippen LogP contribution in [0.15, 0.2) is 23.1 Å². The van der Waals surface area contributed by atoms with Gasteiger partial charge in [0, 0.05) is 49.8 Å². The van der Waals surface area contributed by atoms with Crippen LogP contribution in [-0.4, -0.2) is 49.4 Å². The first-order valence-corrected chi connectivity index (χ1v) is 10.3. The zero-order valence-corrected chi connectivity index (χ0v) is 15.8. The molecule has 0 aliphatic carbocycles. The van der Waals surface area contributed by atoms with Crippen molar-refractivity contribution in [2.45, 2.75) is 43.7 Å². The largest absolute Gasteiger partial charge is 0.384 e. The zero-order chi connectivity index (χ0) is 18.9. The molecule has 0 amide bonds. The number of benzene rings is 1. The van der Waals surface area contributed by atoms with Gasteiger partial charge in [-0.2, -0.15) is 4.31 Å². The van der Waals surface area contributed by atoms with Crippen LogP contribution in [0.1, 0.15) is 26.7 Å². The lowest BCUT2D eigenvalue weighted by atomic mass is 9.96. The molecule has 3 rings (SSSR count). The highest BCUT2D eigenvalue weighted by molar-refractivity contribution is 7.89. The van der Waals surface area contributed by atoms with Gasteiger partial charge in [-0.3, -0.25) is 21.0 Å². The summed E-state index contributed by atoms with van der Waals surface area (Å²) in [4.78, 5) is 10.5. The number of hydrazine groups is 1. The van der Waals surface area contributed by atoms with E-state index in [0.717, 1.165) is 18.9 Å². The van der Waals surface area contributed by atoms with Gasteiger partial charge in [0.2, 0.25) is 10.0 Å². The molecule has 0 saturated carbocycles. The number of hydrogen-bond acceptors (Lipinski definition) is 7. The lowest BCUT2D eigenvalue weighted by Crippen LogP contribution is -2.32. The molecule has 2 fully saturated rings. The first kappa shape index (κ1) is 19.0. The maximum absolute atomic E-state index is 13.0. The summed E-state index contributed by atoms with van der Waals surface area (Å²) in [6.07, 6.45) is 1.62. The van der Waals surface area contributed by atoms with Crippen molar-refractivity contribution in [3.63, 3.8) is 0 Å². The van der Waals surface area contributed by atoms with Gasteiger partial charge in [0.15, 0.2) is 0 Å². The molecule has 3 N–H and O–H groups in total. The molecule has 1 aromatic carbocycles. The van der Waals surface area contributed by atoms with E-state index in [4.69, 9.17) is 0 Å². The van der Waals surface area contributed by atoms with E-state index in [0.29, 0.717) is 25.3 Å². The standard InChI is InChI=1S/C16H25N5O4S/c1-11-14(12(2)19-18-11)10-17-15-6-5-13(21(22)23)9-16(15)26(24,25)20-7-3-4-8-20/h5-6,9,11-12,14,17-19H,3-4,7-8,10H2,1-2H3. The van der Waals surface area contributed by atoms with Gasteiger partial charge in [0.05, 0.1) is 10.6 Å². The molecular formula is C16H25N5O4S. The zero-order valence-electron chi connectivity index (χ0n) is 14.9. The maximum atomic E-state index is 13.0. The normalized spacial score (nSPS) is 26.9. The summed E-state index contributed by atoms with van der Waals surface area (Å²) in [7, 11) is -3.76. The van der Waals surface area contributed by atoms with E-state index < -0.39 is 14.9 Å². The van der Waals surface area contributed by atoms with Gasteiger partial charge in [-0.05, 0) is 32.8 Å². The van der Waals surface area contributed by atoms with Crippen LogP contribution in [0, 0.1) is 16.0 Å². The highest BCUT2D eigenvalue weighted by Crippen LogP contribution is 2.31. The van der Waals surface area contributed by atoms with Gasteiger partial charge >= 0.3 is 0 Å². The molecule has 2 unspecified atom stereocenters. The van der Waals surface area contributed by atoms with Crippen LogP contribution in [0.25, 0.3) is 0 Å². The van der Waals surface area contributed by atoms with E-state index in [1.807, 2.05) is 0 Å². The Kier molecular flexibility index (Phi) is 5.47. The first-order chi connectivity index (χ1) is 12.3. The van der Waals surface area contributed by atoms with Crippen LogP contribution < -0.4 is 16.2 Å². The van der Waals surface area contributed by atoms with Gasteiger partial charge in [-0.15, -0.1) is 0 Å². The van der Waals surface area contributed by atoms with Gasteiger partial charge in [-0.25, -0.2) is 8.42 Å². The molecule has 2 aliphatic heterocycles. The third-order valence-electron chi connectivity index (χ3n) is 5.21. The van der Waals surface area contributed by atoms with Crippen molar-refractivity contribution in [3.8, 4) is 0 Å². The molecule has 10 heteroatoms. The van der Waals surface area contributed by atoms with Crippen molar-refractivity contribution in [2.24, 2.45) is 5.92 Å². The molecule has 2 aliphatic rings. The molecule has 26 heavy (non-hydrogen) atoms. The van der Waals surface area contributed by atoms with E-state index in [9.17, 15) is 18.5 Å². The van der Waals surface area contributed by atoms with Gasteiger partial charge in [0.1, 0.15) is 4.90 Å². The predicted octanol–water partition coefficient (Wildman–Crippen LogP) is 1.29. The van der Waals surface area contributed by atoms with Gasteiger partial charge < -0.3 is 5.32 Å². The topological polar surface area (TPSA) is 117 Å². The molecule has 0 aromatic heterocycles. The van der Waals surface area contributed by atoms with Gasteiger partial charge in [0.25, 0.3) is 5.69 Å². The number of sulfonamides is 1. The van der Waals surface area contributed by atoms with Crippen molar-refractivity contribution in [3.05, 3.63) is 28.3 Å². The third-order valence-corrected chi connectivity index (χ3v) is 7.15. The second kappa shape index (κ2) is 7.47. The van der Waals surface area contributed by atoms with E-state index in [1.54, 1.807) is 0 Å². The molecular weight excluding hydrogens is 358 g/mol. The molecule has 0 spiro atoms. The molecule has 2 atom stereocenters. The number of hydrogen-bond donors (Lipinski definition) is 3. The monoisotopic (exact) mass is 383 g/mol. The fraction of sp³-hybridized carbons (Fsp3) is 0.625. The fourth-order valence-electron chi connectivity index (χ4n) is 3.54. The number of nitro benzene ring substituents is 1. The van der Waals surface area contributed by atoms with Crippen LogP contribution in [-0.2, 0) is 10.0 Å². The van der Waals surface area contributed by atoms with Crippen LogP contribution in [0.2, 0.25) is 0 Å². The maximum Gasteiger partial charge on any atom is 0.270 e. The molecule has 9 nitrogen and oxygen atoms in total. The second-order valence-electron chi connectivity index (χ2n) is 6.96. The minimum Gasteiger partial charge on any atom is -0.384 e. The summed E-state index contributed by atoms with van der Waals surface area (Å²) in [5, 5.41) is 14.3. The predicted molar refractivity (Wildman–Crippen MR) is 98.3 cm³/mol. The average molecular weight is 383 g/mol. The lowest BCUT2D eigenvalue weighted by Gasteiger charge is -2.22. The number of nitro groups is 1. The van der Waals surface area contributed by atoms with Crippen molar-refractivity contribution in [2.75, 3.05) is 25.0 Å². The number of non-ortho nitro benzene ring substituents is 1. The summed E-state index contributed by atoms with van der Waals surface area (Å²) in [5.74, 6) is 0.257. The quantitative estimate of drug-likeness (QED) is 0.501. The molecule has 2 heterocycles. The number of nitrogens with zero attached hydrogens (tertiary/aromatic N) is 2. The Morgan fingerprint density at radius 1 is 1.23 bits per heavy atom. The Bertz CT molecular complexity index is 769. The molecule has 1 aromatic rings. The SMILES string of the molecule is CC1NNC(C)C1CNc1ccc([N+](=O)[O-])cc1S(=O)(=O)N1CCCC1. The van der Waals surface area contributed by atoms with Crippen molar-refractivity contribution >= 4 is 21.4 Å². The smallest absolute Gasteiger partial charge is 0.270 e. The lowest BCUT2D eigenvalue weighted by molar-refractivity contribution is -0.385. The van der Waals surface area contributed by atoms with E-state index >= 15 is 0 Å². The van der Waals surface area contributed by atoms with Crippen LogP contribution in [0.4, 0.5) is 11.4 Å². The Balaban J connectivity index is 1.90. The summed E-state index contributed by atoms with van der Waals surface area (Å²) < 4.78 is 27.4. The molecule has 2 saturated heterocycles. The second-order valence-corrected chi connectivity index (χ2v) is 8.87. The van der Waals surface area contributed by atoms with Crippen molar-refractivity contribution in [1.82, 2.24) is 15.2 Å². The number of rotatable bonds is 6. The Morgan fingerprint density at radius 3 is 2.42 bits per heavy atom. The molecule has 0 radical (unpaired) electrons. The summed E-state index contributed by atoms with van der Waals surface area (Å²) in [6, 6.07) is 4.45. The number of nitrogens with one attached hydrogen (secondary N) is 3. The van der Waals surface area contributed by atoms with Crippen LogP contribution in [0.5, 0.6) is 0 Å². The number of anilines is 1. The van der Waals surface area contributed by atoms with Gasteiger partial charge in [-0.1, -0.05) is 0 Å². The Hall–Kier alpha value is -1.75. The first-order valence-electron chi connectivity index (χ1n) is 8.84. The summed E-state index contributed by atoms with van der Waals surface area (Å²) >= 11 is 0. The van der Waals surface area contributed by atoms with Crippen LogP contribution >= 0.6 is 0 Å². The molecule has 0 bridgehead atoms. The van der Waals surface area contributed by atoms with Crippen molar-refractivity contribution in [1.29, 1.82) is 0 Å². The average Bonchev–Trinajstić information content (AvgIpc) is 3.24. The minimum atomic E-state index is -3.76. The summed E-state index contributed by atoms with van der Waals surface area (Å²) in [5.41, 5.74) is 6.51. The molecule has 144 valence electrons. The highest BCUT2D eigenvalue weighted by atomic mass is 32.2. The highest BCUT2D eigenvalue weighted by Gasteiger charge is 2.33. The van der Waals surface area contributed by atoms with E-state index in [2.05, 4.69) is 30.0 Å². The summed E-state index contributed by atoms with van der Waals surface area (Å²) in [6.45, 7) is 5.58.